The molecule has 0 saturated heterocycles. The summed E-state index contributed by atoms with van der Waals surface area (Å²) in [7, 11) is 0. The maximum absolute atomic E-state index is 12.2. The van der Waals surface area contributed by atoms with Crippen LogP contribution in [0.4, 0.5) is 0 Å². The Morgan fingerprint density at radius 1 is 0.913 bits per heavy atom. The molecule has 4 nitrogen and oxygen atoms in total. The molecular formula is C18H16ClNO3. The summed E-state index contributed by atoms with van der Waals surface area (Å²) in [6, 6.07) is 15.5. The van der Waals surface area contributed by atoms with Gasteiger partial charge in [-0.05, 0) is 23.3 Å². The number of carbonyl (C=O) groups excluding carboxylic acids is 1. The van der Waals surface area contributed by atoms with E-state index in [0.717, 1.165) is 11.1 Å². The van der Waals surface area contributed by atoms with Crippen LogP contribution >= 0.6 is 11.6 Å². The number of hydrogen-bond acceptors (Lipinski definition) is 3. The molecule has 1 fully saturated rings. The predicted molar refractivity (Wildman–Crippen MR) is 88.4 cm³/mol. The quantitative estimate of drug-likeness (QED) is 0.626. The fourth-order valence-electron chi connectivity index (χ4n) is 3.43. The van der Waals surface area contributed by atoms with Crippen molar-refractivity contribution in [1.82, 2.24) is 0 Å². The van der Waals surface area contributed by atoms with E-state index in [1.165, 1.54) is 0 Å². The lowest BCUT2D eigenvalue weighted by Gasteiger charge is -2.32. The number of hydrogen-bond donors (Lipinski definition) is 0. The minimum atomic E-state index is -0.809. The van der Waals surface area contributed by atoms with Crippen molar-refractivity contribution in [3.8, 4) is 0 Å². The molecule has 0 aromatic heterocycles. The van der Waals surface area contributed by atoms with Crippen LogP contribution in [0.2, 0.25) is 5.02 Å². The Bertz CT molecular complexity index is 715. The number of nitro groups is 1. The van der Waals surface area contributed by atoms with Gasteiger partial charge in [0.15, 0.2) is 0 Å². The monoisotopic (exact) mass is 329 g/mol. The lowest BCUT2D eigenvalue weighted by molar-refractivity contribution is -0.532. The van der Waals surface area contributed by atoms with E-state index in [1.807, 2.05) is 30.3 Å². The summed E-state index contributed by atoms with van der Waals surface area (Å²) in [6.45, 7) is 0. The van der Waals surface area contributed by atoms with Gasteiger partial charge in [0.25, 0.3) is 0 Å². The highest BCUT2D eigenvalue weighted by atomic mass is 35.5. The van der Waals surface area contributed by atoms with Crippen LogP contribution in [-0.2, 0) is 4.79 Å². The van der Waals surface area contributed by atoms with Crippen molar-refractivity contribution < 1.29 is 9.72 Å². The van der Waals surface area contributed by atoms with Crippen molar-refractivity contribution in [1.29, 1.82) is 0 Å². The van der Waals surface area contributed by atoms with E-state index in [2.05, 4.69) is 0 Å². The fraction of sp³-hybridized carbons (Fsp3) is 0.278. The summed E-state index contributed by atoms with van der Waals surface area (Å²) in [4.78, 5) is 23.7. The Balaban J connectivity index is 2.02. The first kappa shape index (κ1) is 15.7. The van der Waals surface area contributed by atoms with Crippen molar-refractivity contribution in [2.24, 2.45) is 0 Å². The molecule has 23 heavy (non-hydrogen) atoms. The molecule has 2 aromatic carbocycles. The minimum Gasteiger partial charge on any atom is -0.300 e. The van der Waals surface area contributed by atoms with Crippen LogP contribution in [0.25, 0.3) is 0 Å². The van der Waals surface area contributed by atoms with Gasteiger partial charge in [-0.15, -0.1) is 0 Å². The highest BCUT2D eigenvalue weighted by molar-refractivity contribution is 6.30. The molecule has 1 aliphatic rings. The third-order valence-electron chi connectivity index (χ3n) is 4.49. The Morgan fingerprint density at radius 3 is 1.96 bits per heavy atom. The van der Waals surface area contributed by atoms with E-state index in [-0.39, 0.29) is 23.5 Å². The van der Waals surface area contributed by atoms with Crippen molar-refractivity contribution in [3.05, 3.63) is 80.9 Å². The second-order valence-corrected chi connectivity index (χ2v) is 6.33. The maximum Gasteiger partial charge on any atom is 0.227 e. The van der Waals surface area contributed by atoms with Crippen LogP contribution in [0.3, 0.4) is 0 Å². The van der Waals surface area contributed by atoms with Gasteiger partial charge in [0.1, 0.15) is 5.78 Å². The number of ketones is 1. The molecule has 1 unspecified atom stereocenters. The van der Waals surface area contributed by atoms with Gasteiger partial charge in [-0.1, -0.05) is 54.1 Å². The largest absolute Gasteiger partial charge is 0.300 e. The molecule has 5 heteroatoms. The third-order valence-corrected chi connectivity index (χ3v) is 4.74. The average molecular weight is 330 g/mol. The summed E-state index contributed by atoms with van der Waals surface area (Å²) in [5, 5.41) is 12.3. The van der Waals surface area contributed by atoms with Crippen molar-refractivity contribution in [3.63, 3.8) is 0 Å². The van der Waals surface area contributed by atoms with Crippen molar-refractivity contribution in [2.75, 3.05) is 0 Å². The number of nitrogens with zero attached hydrogens (tertiary/aromatic N) is 1. The first-order valence-corrected chi connectivity index (χ1v) is 7.89. The van der Waals surface area contributed by atoms with Crippen LogP contribution in [0.15, 0.2) is 54.6 Å². The van der Waals surface area contributed by atoms with Gasteiger partial charge in [-0.3, -0.25) is 14.9 Å². The summed E-state index contributed by atoms with van der Waals surface area (Å²) >= 11 is 5.90. The molecule has 2 aromatic rings. The number of rotatable bonds is 3. The summed E-state index contributed by atoms with van der Waals surface area (Å²) < 4.78 is 0. The number of halogens is 1. The van der Waals surface area contributed by atoms with Gasteiger partial charge in [-0.2, -0.15) is 0 Å². The predicted octanol–water partition coefficient (Wildman–Crippen LogP) is 4.22. The van der Waals surface area contributed by atoms with Gasteiger partial charge >= 0.3 is 0 Å². The van der Waals surface area contributed by atoms with E-state index in [4.69, 9.17) is 11.6 Å². The Labute approximate surface area is 139 Å². The lowest BCUT2D eigenvalue weighted by atomic mass is 9.71. The average Bonchev–Trinajstić information content (AvgIpc) is 2.55. The van der Waals surface area contributed by atoms with E-state index >= 15 is 0 Å². The van der Waals surface area contributed by atoms with E-state index in [1.54, 1.807) is 24.3 Å². The molecule has 0 aliphatic heterocycles. The molecule has 0 radical (unpaired) electrons. The van der Waals surface area contributed by atoms with Crippen LogP contribution in [0.5, 0.6) is 0 Å². The van der Waals surface area contributed by atoms with Gasteiger partial charge in [-0.25, -0.2) is 0 Å². The molecule has 0 spiro atoms. The molecule has 3 rings (SSSR count). The van der Waals surface area contributed by atoms with Crippen molar-refractivity contribution >= 4 is 17.4 Å². The summed E-state index contributed by atoms with van der Waals surface area (Å²) in [5.41, 5.74) is 1.64. The Morgan fingerprint density at radius 2 is 1.43 bits per heavy atom. The molecule has 0 N–H and O–H groups in total. The molecule has 0 amide bonds. The molecule has 1 aliphatic carbocycles. The first-order valence-electron chi connectivity index (χ1n) is 7.52. The van der Waals surface area contributed by atoms with Crippen LogP contribution < -0.4 is 0 Å². The first-order chi connectivity index (χ1) is 11.1. The summed E-state index contributed by atoms with van der Waals surface area (Å²) in [6.07, 6.45) is 0.427. The zero-order chi connectivity index (χ0) is 16.4. The van der Waals surface area contributed by atoms with E-state index < -0.39 is 17.9 Å². The molecular weight excluding hydrogens is 314 g/mol. The second-order valence-electron chi connectivity index (χ2n) is 5.90. The maximum atomic E-state index is 12.2. The normalized spacial score (nSPS) is 24.4. The van der Waals surface area contributed by atoms with Crippen LogP contribution in [0.1, 0.15) is 35.8 Å². The standard InChI is InChI=1S/C18H16ClNO3/c19-14-8-6-13(7-9-14)17-11-15(21)10-16(18(17)20(22)23)12-4-2-1-3-5-12/h1-9,16-18H,10-11H2/t16-,17-,18?/m1/s1. The van der Waals surface area contributed by atoms with Crippen LogP contribution in [0, 0.1) is 10.1 Å². The van der Waals surface area contributed by atoms with E-state index in [0.29, 0.717) is 5.02 Å². The van der Waals surface area contributed by atoms with Gasteiger partial charge in [0.05, 0.1) is 11.8 Å². The zero-order valence-corrected chi connectivity index (χ0v) is 13.1. The van der Waals surface area contributed by atoms with Crippen molar-refractivity contribution in [2.45, 2.75) is 30.7 Å². The topological polar surface area (TPSA) is 60.2 Å². The van der Waals surface area contributed by atoms with E-state index in [9.17, 15) is 14.9 Å². The molecule has 1 saturated carbocycles. The number of benzene rings is 2. The zero-order valence-electron chi connectivity index (χ0n) is 12.4. The van der Waals surface area contributed by atoms with Crippen LogP contribution in [-0.4, -0.2) is 16.7 Å². The third kappa shape index (κ3) is 3.27. The Hall–Kier alpha value is -2.20. The SMILES string of the molecule is O=C1C[C@H](c2ccccc2)C([N+](=O)[O-])[C@@H](c2ccc(Cl)cc2)C1. The highest BCUT2D eigenvalue weighted by Crippen LogP contribution is 2.41. The smallest absolute Gasteiger partial charge is 0.227 e. The lowest BCUT2D eigenvalue weighted by Crippen LogP contribution is -2.40. The molecule has 3 atom stereocenters. The summed E-state index contributed by atoms with van der Waals surface area (Å²) in [5.74, 6) is -0.751. The Kier molecular flexibility index (Phi) is 4.44. The molecule has 118 valence electrons. The van der Waals surface area contributed by atoms with Gasteiger partial charge < -0.3 is 0 Å². The fourth-order valence-corrected chi connectivity index (χ4v) is 3.56. The number of carbonyl (C=O) groups is 1. The minimum absolute atomic E-state index is 0.0666. The highest BCUT2D eigenvalue weighted by Gasteiger charge is 2.46. The van der Waals surface area contributed by atoms with Gasteiger partial charge in [0, 0.05) is 22.8 Å². The number of Topliss-reactive ketones (excluding diaryl/α,β-unsaturated/α-hetero) is 1. The molecule has 0 bridgehead atoms. The molecule has 0 heterocycles. The van der Waals surface area contributed by atoms with Gasteiger partial charge in [0.2, 0.25) is 6.04 Å². The second kappa shape index (κ2) is 6.50.